The van der Waals surface area contributed by atoms with Gasteiger partial charge in [-0.25, -0.2) is 0 Å². The molecule has 0 unspecified atom stereocenters. The highest BCUT2D eigenvalue weighted by Crippen LogP contribution is 2.34. The Balaban J connectivity index is 1.68. The van der Waals surface area contributed by atoms with Crippen molar-refractivity contribution in [2.24, 2.45) is 0 Å². The van der Waals surface area contributed by atoms with Crippen LogP contribution >= 0.6 is 11.8 Å². The summed E-state index contributed by atoms with van der Waals surface area (Å²) in [5, 5.41) is 0.733. The number of likely N-dealkylation sites (N-methyl/N-ethyl adjacent to an activating group) is 1. The lowest BCUT2D eigenvalue weighted by atomic mass is 10.1. The van der Waals surface area contributed by atoms with Gasteiger partial charge in [-0.2, -0.15) is 0 Å². The van der Waals surface area contributed by atoms with Crippen molar-refractivity contribution in [2.45, 2.75) is 26.3 Å². The van der Waals surface area contributed by atoms with Crippen molar-refractivity contribution in [3.05, 3.63) is 40.9 Å². The van der Waals surface area contributed by atoms with Gasteiger partial charge in [0.25, 0.3) is 11.1 Å². The van der Waals surface area contributed by atoms with Gasteiger partial charge in [0.1, 0.15) is 6.54 Å². The van der Waals surface area contributed by atoms with Gasteiger partial charge in [0.15, 0.2) is 0 Å². The molecule has 6 nitrogen and oxygen atoms in total. The molecule has 0 bridgehead atoms. The number of nitrogens with zero attached hydrogens (tertiary/aromatic N) is 3. The highest BCUT2D eigenvalue weighted by molar-refractivity contribution is 8.18. The van der Waals surface area contributed by atoms with Crippen molar-refractivity contribution in [3.63, 3.8) is 0 Å². The quantitative estimate of drug-likeness (QED) is 0.760. The third-order valence-electron chi connectivity index (χ3n) is 5.06. The third kappa shape index (κ3) is 3.27. The summed E-state index contributed by atoms with van der Waals surface area (Å²) in [5.74, 6) is -0.136. The number of benzene rings is 1. The lowest BCUT2D eigenvalue weighted by Crippen LogP contribution is -2.30. The molecule has 27 heavy (non-hydrogen) atoms. The van der Waals surface area contributed by atoms with Gasteiger partial charge in [0.2, 0.25) is 5.91 Å². The number of para-hydroxylation sites is 1. The Hall–Kier alpha value is -2.54. The van der Waals surface area contributed by atoms with E-state index in [9.17, 15) is 14.4 Å². The van der Waals surface area contributed by atoms with Crippen LogP contribution < -0.4 is 0 Å². The molecule has 0 atom stereocenters. The molecule has 2 fully saturated rings. The third-order valence-corrected chi connectivity index (χ3v) is 5.97. The van der Waals surface area contributed by atoms with Gasteiger partial charge in [0.05, 0.1) is 4.91 Å². The number of fused-ring (bicyclic) bond motifs is 1. The van der Waals surface area contributed by atoms with Crippen LogP contribution in [0.25, 0.3) is 17.0 Å². The number of imide groups is 1. The maximum absolute atomic E-state index is 12.6. The highest BCUT2D eigenvalue weighted by atomic mass is 32.2. The molecule has 0 radical (unpaired) electrons. The predicted molar refractivity (Wildman–Crippen MR) is 106 cm³/mol. The number of thioether (sulfide) groups is 1. The number of hydrogen-bond acceptors (Lipinski definition) is 4. The highest BCUT2D eigenvalue weighted by Gasteiger charge is 2.33. The van der Waals surface area contributed by atoms with E-state index in [0.717, 1.165) is 54.2 Å². The van der Waals surface area contributed by atoms with Crippen LogP contribution in [0.3, 0.4) is 0 Å². The number of hydrogen-bond donors (Lipinski definition) is 0. The van der Waals surface area contributed by atoms with Crippen molar-refractivity contribution in [2.75, 3.05) is 19.6 Å². The van der Waals surface area contributed by atoms with E-state index in [1.807, 2.05) is 39.9 Å². The molecule has 2 aliphatic rings. The molecular formula is C20H21N3O3S. The lowest BCUT2D eigenvalue weighted by molar-refractivity contribution is -0.130. The van der Waals surface area contributed by atoms with Gasteiger partial charge in [-0.1, -0.05) is 18.2 Å². The topological polar surface area (TPSA) is 62.6 Å². The van der Waals surface area contributed by atoms with Crippen molar-refractivity contribution < 1.29 is 14.4 Å². The number of carbonyl (C=O) groups excluding carboxylic acids is 3. The predicted octanol–water partition coefficient (Wildman–Crippen LogP) is 3.32. The number of likely N-dealkylation sites (tertiary alicyclic amines) is 1. The van der Waals surface area contributed by atoms with E-state index in [2.05, 4.69) is 0 Å². The van der Waals surface area contributed by atoms with Crippen molar-refractivity contribution >= 4 is 45.8 Å². The zero-order valence-corrected chi connectivity index (χ0v) is 16.0. The number of carbonyl (C=O) groups is 3. The second-order valence-corrected chi connectivity index (χ2v) is 7.74. The molecule has 7 heteroatoms. The van der Waals surface area contributed by atoms with Gasteiger partial charge in [-0.3, -0.25) is 19.3 Å². The van der Waals surface area contributed by atoms with Gasteiger partial charge in [0, 0.05) is 42.3 Å². The first-order valence-electron chi connectivity index (χ1n) is 9.19. The Labute approximate surface area is 161 Å². The summed E-state index contributed by atoms with van der Waals surface area (Å²) in [6.07, 6.45) is 5.80. The molecule has 3 heterocycles. The summed E-state index contributed by atoms with van der Waals surface area (Å²) in [7, 11) is 0. The fourth-order valence-corrected chi connectivity index (χ4v) is 4.54. The molecule has 2 saturated heterocycles. The lowest BCUT2D eigenvalue weighted by Gasteiger charge is -2.15. The maximum atomic E-state index is 12.6. The zero-order valence-electron chi connectivity index (χ0n) is 15.2. The number of rotatable bonds is 4. The number of aromatic nitrogens is 1. The Kier molecular flexibility index (Phi) is 4.78. The van der Waals surface area contributed by atoms with Crippen LogP contribution in [-0.2, 0) is 16.1 Å². The largest absolute Gasteiger partial charge is 0.341 e. The van der Waals surface area contributed by atoms with Crippen LogP contribution in [0.5, 0.6) is 0 Å². The Bertz CT molecular complexity index is 957. The average Bonchev–Trinajstić information content (AvgIpc) is 3.36. The molecule has 1 aromatic heterocycles. The first kappa shape index (κ1) is 17.9. The minimum absolute atomic E-state index is 0.117. The smallest absolute Gasteiger partial charge is 0.293 e. The fourth-order valence-electron chi connectivity index (χ4n) is 3.65. The molecule has 0 spiro atoms. The van der Waals surface area contributed by atoms with Gasteiger partial charge in [-0.15, -0.1) is 0 Å². The monoisotopic (exact) mass is 383 g/mol. The molecule has 2 aliphatic heterocycles. The molecule has 1 aromatic carbocycles. The van der Waals surface area contributed by atoms with Crippen molar-refractivity contribution in [1.82, 2.24) is 14.4 Å². The molecule has 0 N–H and O–H groups in total. The van der Waals surface area contributed by atoms with Crippen LogP contribution in [0.2, 0.25) is 0 Å². The summed E-state index contributed by atoms with van der Waals surface area (Å²) in [6.45, 7) is 4.10. The van der Waals surface area contributed by atoms with Crippen LogP contribution in [-0.4, -0.2) is 51.1 Å². The van der Waals surface area contributed by atoms with Crippen LogP contribution in [0.15, 0.2) is 35.4 Å². The van der Waals surface area contributed by atoms with E-state index in [1.54, 1.807) is 13.0 Å². The van der Waals surface area contributed by atoms with Crippen molar-refractivity contribution in [1.29, 1.82) is 0 Å². The van der Waals surface area contributed by atoms with Crippen LogP contribution in [0.1, 0.15) is 25.3 Å². The van der Waals surface area contributed by atoms with Gasteiger partial charge < -0.3 is 9.47 Å². The minimum atomic E-state index is -0.252. The number of amides is 3. The minimum Gasteiger partial charge on any atom is -0.341 e. The first-order chi connectivity index (χ1) is 13.1. The molecule has 2 aromatic rings. The summed E-state index contributed by atoms with van der Waals surface area (Å²) < 4.78 is 1.94. The zero-order chi connectivity index (χ0) is 19.0. The molecule has 3 amide bonds. The average molecular weight is 383 g/mol. The van der Waals surface area contributed by atoms with Crippen molar-refractivity contribution in [3.8, 4) is 0 Å². The molecule has 0 aliphatic carbocycles. The molecule has 0 saturated carbocycles. The summed E-state index contributed by atoms with van der Waals surface area (Å²) >= 11 is 0.967. The fraction of sp³-hybridized carbons (Fsp3) is 0.350. The Morgan fingerprint density at radius 1 is 1.19 bits per heavy atom. The summed E-state index contributed by atoms with van der Waals surface area (Å²) in [4.78, 5) is 40.5. The van der Waals surface area contributed by atoms with E-state index in [0.29, 0.717) is 11.4 Å². The SMILES string of the molecule is CCN1C(=O)S/C(=C\c2cn(CC(=O)N3CCCC3)c3ccccc23)C1=O. The van der Waals surface area contributed by atoms with E-state index >= 15 is 0 Å². The normalized spacial score (nSPS) is 19.1. The van der Waals surface area contributed by atoms with Crippen LogP contribution in [0, 0.1) is 0 Å². The van der Waals surface area contributed by atoms with E-state index in [-0.39, 0.29) is 23.6 Å². The van der Waals surface area contributed by atoms with E-state index < -0.39 is 0 Å². The Morgan fingerprint density at radius 2 is 1.93 bits per heavy atom. The molecular weight excluding hydrogens is 362 g/mol. The van der Waals surface area contributed by atoms with Gasteiger partial charge in [-0.05, 0) is 43.7 Å². The van der Waals surface area contributed by atoms with E-state index in [4.69, 9.17) is 0 Å². The second kappa shape index (κ2) is 7.23. The first-order valence-corrected chi connectivity index (χ1v) is 10.0. The summed E-state index contributed by atoms with van der Waals surface area (Å²) in [6, 6.07) is 7.82. The maximum Gasteiger partial charge on any atom is 0.293 e. The molecule has 140 valence electrons. The van der Waals surface area contributed by atoms with Gasteiger partial charge >= 0.3 is 0 Å². The van der Waals surface area contributed by atoms with Crippen LogP contribution in [0.4, 0.5) is 4.79 Å². The summed E-state index contributed by atoms with van der Waals surface area (Å²) in [5.41, 5.74) is 1.80. The Morgan fingerprint density at radius 3 is 2.63 bits per heavy atom. The second-order valence-electron chi connectivity index (χ2n) is 6.74. The standard InChI is InChI=1S/C20H21N3O3S/c1-2-23-19(25)17(27-20(23)26)11-14-12-22(16-8-4-3-7-15(14)16)13-18(24)21-9-5-6-10-21/h3-4,7-8,11-12H,2,5-6,9-10,13H2,1H3/b17-11-. The molecule has 4 rings (SSSR count). The van der Waals surface area contributed by atoms with E-state index in [1.165, 1.54) is 4.90 Å².